The first-order chi connectivity index (χ1) is 6.15. The number of benzene rings is 1. The Hall–Kier alpha value is -0.830. The minimum atomic E-state index is -0.210. The van der Waals surface area contributed by atoms with Gasteiger partial charge in [-0.15, -0.1) is 0 Å². The molecule has 1 rings (SSSR count). The minimum Gasteiger partial charge on any atom is -0.469 e. The number of esters is 1. The molecule has 1 aromatic rings. The Balaban J connectivity index is 2.88. The number of halogens is 1. The molecule has 0 spiro atoms. The highest BCUT2D eigenvalue weighted by molar-refractivity contribution is 9.10. The summed E-state index contributed by atoms with van der Waals surface area (Å²) in [5.74, 6) is -0.416. The van der Waals surface area contributed by atoms with Crippen LogP contribution < -0.4 is 0 Å². The SMILES string of the molecule is COC(=O)C(C)c1cccc(Br)c1. The summed E-state index contributed by atoms with van der Waals surface area (Å²) in [6.07, 6.45) is 0. The van der Waals surface area contributed by atoms with E-state index >= 15 is 0 Å². The van der Waals surface area contributed by atoms with Gasteiger partial charge in [0.25, 0.3) is 0 Å². The van der Waals surface area contributed by atoms with Gasteiger partial charge in [0, 0.05) is 4.47 Å². The third-order valence-electron chi connectivity index (χ3n) is 1.90. The van der Waals surface area contributed by atoms with Gasteiger partial charge in [-0.2, -0.15) is 0 Å². The average Bonchev–Trinajstić information content (AvgIpc) is 2.15. The van der Waals surface area contributed by atoms with Gasteiger partial charge in [-0.3, -0.25) is 4.79 Å². The Bertz CT molecular complexity index is 310. The van der Waals surface area contributed by atoms with Gasteiger partial charge in [-0.05, 0) is 24.6 Å². The van der Waals surface area contributed by atoms with Crippen LogP contribution in [0.4, 0.5) is 0 Å². The van der Waals surface area contributed by atoms with Crippen LogP contribution in [0.15, 0.2) is 28.7 Å². The van der Waals surface area contributed by atoms with Crippen LogP contribution in [0, 0.1) is 0 Å². The van der Waals surface area contributed by atoms with Gasteiger partial charge in [-0.25, -0.2) is 0 Å². The van der Waals surface area contributed by atoms with E-state index in [2.05, 4.69) is 20.7 Å². The van der Waals surface area contributed by atoms with Gasteiger partial charge in [0.05, 0.1) is 13.0 Å². The molecule has 1 atom stereocenters. The highest BCUT2D eigenvalue weighted by Crippen LogP contribution is 2.20. The van der Waals surface area contributed by atoms with E-state index < -0.39 is 0 Å². The van der Waals surface area contributed by atoms with E-state index in [9.17, 15) is 4.79 Å². The molecule has 3 heteroatoms. The highest BCUT2D eigenvalue weighted by Gasteiger charge is 2.14. The predicted octanol–water partition coefficient (Wildman–Crippen LogP) is 2.73. The molecule has 0 bridgehead atoms. The van der Waals surface area contributed by atoms with Crippen molar-refractivity contribution < 1.29 is 9.53 Å². The zero-order chi connectivity index (χ0) is 9.84. The van der Waals surface area contributed by atoms with E-state index in [-0.39, 0.29) is 11.9 Å². The predicted molar refractivity (Wildman–Crippen MR) is 54.6 cm³/mol. The van der Waals surface area contributed by atoms with Crippen molar-refractivity contribution >= 4 is 21.9 Å². The van der Waals surface area contributed by atoms with Crippen molar-refractivity contribution in [1.29, 1.82) is 0 Å². The van der Waals surface area contributed by atoms with Crippen molar-refractivity contribution in [2.24, 2.45) is 0 Å². The van der Waals surface area contributed by atoms with Gasteiger partial charge in [0.15, 0.2) is 0 Å². The summed E-state index contributed by atoms with van der Waals surface area (Å²) in [7, 11) is 1.40. The maximum Gasteiger partial charge on any atom is 0.312 e. The number of methoxy groups -OCH3 is 1. The molecular formula is C10H11BrO2. The molecule has 2 nitrogen and oxygen atoms in total. The Morgan fingerprint density at radius 2 is 2.23 bits per heavy atom. The van der Waals surface area contributed by atoms with Gasteiger partial charge < -0.3 is 4.74 Å². The molecule has 0 heterocycles. The van der Waals surface area contributed by atoms with Crippen LogP contribution in [-0.4, -0.2) is 13.1 Å². The number of hydrogen-bond donors (Lipinski definition) is 0. The lowest BCUT2D eigenvalue weighted by Crippen LogP contribution is -2.10. The topological polar surface area (TPSA) is 26.3 Å². The second-order valence-corrected chi connectivity index (χ2v) is 3.72. The monoisotopic (exact) mass is 242 g/mol. The van der Waals surface area contributed by atoms with Crippen LogP contribution in [0.1, 0.15) is 18.4 Å². The Labute approximate surface area is 86.0 Å². The summed E-state index contributed by atoms with van der Waals surface area (Å²) in [5.41, 5.74) is 0.959. The third-order valence-corrected chi connectivity index (χ3v) is 2.40. The third kappa shape index (κ3) is 2.56. The zero-order valence-corrected chi connectivity index (χ0v) is 9.17. The number of rotatable bonds is 2. The van der Waals surface area contributed by atoms with Gasteiger partial charge in [0.1, 0.15) is 0 Å². The first kappa shape index (κ1) is 10.3. The number of ether oxygens (including phenoxy) is 1. The van der Waals surface area contributed by atoms with Crippen molar-refractivity contribution in [2.75, 3.05) is 7.11 Å². The standard InChI is InChI=1S/C10H11BrO2/c1-7(10(12)13-2)8-4-3-5-9(11)6-8/h3-7H,1-2H3. The molecule has 1 aromatic carbocycles. The van der Waals surface area contributed by atoms with E-state index in [4.69, 9.17) is 0 Å². The lowest BCUT2D eigenvalue weighted by atomic mass is 10.0. The van der Waals surface area contributed by atoms with Crippen molar-refractivity contribution in [2.45, 2.75) is 12.8 Å². The summed E-state index contributed by atoms with van der Waals surface area (Å²) in [5, 5.41) is 0. The van der Waals surface area contributed by atoms with E-state index in [0.29, 0.717) is 0 Å². The van der Waals surface area contributed by atoms with Crippen molar-refractivity contribution in [3.8, 4) is 0 Å². The quantitative estimate of drug-likeness (QED) is 0.746. The van der Waals surface area contributed by atoms with Crippen LogP contribution >= 0.6 is 15.9 Å². The molecule has 0 N–H and O–H groups in total. The fourth-order valence-electron chi connectivity index (χ4n) is 1.09. The molecule has 0 radical (unpaired) electrons. The first-order valence-electron chi connectivity index (χ1n) is 3.98. The molecule has 0 fully saturated rings. The molecule has 0 saturated carbocycles. The van der Waals surface area contributed by atoms with Gasteiger partial charge in [-0.1, -0.05) is 28.1 Å². The zero-order valence-electron chi connectivity index (χ0n) is 7.58. The van der Waals surface area contributed by atoms with Crippen LogP contribution in [-0.2, 0) is 9.53 Å². The fraction of sp³-hybridized carbons (Fsp3) is 0.300. The molecule has 0 aliphatic heterocycles. The largest absolute Gasteiger partial charge is 0.469 e. The highest BCUT2D eigenvalue weighted by atomic mass is 79.9. The minimum absolute atomic E-state index is 0.206. The smallest absolute Gasteiger partial charge is 0.312 e. The van der Waals surface area contributed by atoms with Gasteiger partial charge >= 0.3 is 5.97 Å². The van der Waals surface area contributed by atoms with Crippen molar-refractivity contribution in [3.63, 3.8) is 0 Å². The molecule has 0 aliphatic carbocycles. The molecular weight excluding hydrogens is 232 g/mol. The van der Waals surface area contributed by atoms with Crippen LogP contribution in [0.2, 0.25) is 0 Å². The van der Waals surface area contributed by atoms with Crippen LogP contribution in [0.25, 0.3) is 0 Å². The summed E-state index contributed by atoms with van der Waals surface area (Å²) < 4.78 is 5.62. The van der Waals surface area contributed by atoms with Crippen molar-refractivity contribution in [1.82, 2.24) is 0 Å². The molecule has 0 aliphatic rings. The Morgan fingerprint density at radius 3 is 2.77 bits per heavy atom. The van der Waals surface area contributed by atoms with E-state index in [1.54, 1.807) is 0 Å². The van der Waals surface area contributed by atoms with Crippen molar-refractivity contribution in [3.05, 3.63) is 34.3 Å². The second kappa shape index (κ2) is 4.42. The van der Waals surface area contributed by atoms with Gasteiger partial charge in [0.2, 0.25) is 0 Å². The Morgan fingerprint density at radius 1 is 1.54 bits per heavy atom. The summed E-state index contributed by atoms with van der Waals surface area (Å²) in [6.45, 7) is 1.83. The maximum atomic E-state index is 11.2. The number of carbonyl (C=O) groups excluding carboxylic acids is 1. The number of carbonyl (C=O) groups is 1. The Kier molecular flexibility index (Phi) is 3.48. The molecule has 70 valence electrons. The molecule has 13 heavy (non-hydrogen) atoms. The van der Waals surface area contributed by atoms with E-state index in [1.165, 1.54) is 7.11 Å². The molecule has 0 saturated heterocycles. The normalized spacial score (nSPS) is 12.2. The number of hydrogen-bond acceptors (Lipinski definition) is 2. The lowest BCUT2D eigenvalue weighted by molar-refractivity contribution is -0.141. The van der Waals surface area contributed by atoms with E-state index in [1.807, 2.05) is 31.2 Å². The second-order valence-electron chi connectivity index (χ2n) is 2.80. The maximum absolute atomic E-state index is 11.2. The molecule has 0 amide bonds. The molecule has 0 aromatic heterocycles. The first-order valence-corrected chi connectivity index (χ1v) is 4.77. The van der Waals surface area contributed by atoms with Crippen LogP contribution in [0.3, 0.4) is 0 Å². The van der Waals surface area contributed by atoms with E-state index in [0.717, 1.165) is 10.0 Å². The summed E-state index contributed by atoms with van der Waals surface area (Å²) in [4.78, 5) is 11.2. The summed E-state index contributed by atoms with van der Waals surface area (Å²) in [6, 6.07) is 7.65. The molecule has 1 unspecified atom stereocenters. The van der Waals surface area contributed by atoms with Crippen LogP contribution in [0.5, 0.6) is 0 Å². The summed E-state index contributed by atoms with van der Waals surface area (Å²) >= 11 is 3.35. The fourth-order valence-corrected chi connectivity index (χ4v) is 1.51. The average molecular weight is 243 g/mol. The lowest BCUT2D eigenvalue weighted by Gasteiger charge is -2.09.